The van der Waals surface area contributed by atoms with Crippen molar-refractivity contribution in [3.8, 4) is 11.1 Å². The summed E-state index contributed by atoms with van der Waals surface area (Å²) < 4.78 is 13.7. The van der Waals surface area contributed by atoms with Crippen molar-refractivity contribution in [1.29, 1.82) is 0 Å². The van der Waals surface area contributed by atoms with E-state index < -0.39 is 11.8 Å². The van der Waals surface area contributed by atoms with Gasteiger partial charge in [-0.1, -0.05) is 91.9 Å². The number of benzene rings is 4. The van der Waals surface area contributed by atoms with Gasteiger partial charge in [-0.05, 0) is 115 Å². The molecule has 4 N–H and O–H groups in total. The maximum atomic E-state index is 13.4. The Morgan fingerprint density at radius 1 is 0.800 bits per heavy atom. The third kappa shape index (κ3) is 7.72. The van der Waals surface area contributed by atoms with Crippen LogP contribution < -0.4 is 20.9 Å². The molecule has 4 unspecified atom stereocenters. The molecule has 11 rings (SSSR count). The summed E-state index contributed by atoms with van der Waals surface area (Å²) in [7, 11) is 0. The fourth-order valence-electron chi connectivity index (χ4n) is 12.1. The Kier molecular flexibility index (Phi) is 10.7. The standard InChI is InChI=1S/C50H59N5O5/c1-33-44(30-54-20-18-50(19-21-54)47(57)52-32-55(50)43-8-3-2-4-9-43)59-46(60-45(33)40-12-10-34(31-56)11-13-40)41-16-14-39(15-17-41)42-7-5-6-35(25-42)29-51-48(58)53-49-26-36-22-37(27-49)24-38(23-36)28-49/h2-17,25,33,36-38,44-46,56H,18-24,26-32H2,1H3,(H,52,57)(H2,51,53,58). The number of hydrogen-bond donors (Lipinski definition) is 4. The van der Waals surface area contributed by atoms with Gasteiger partial charge in [0.05, 0.1) is 25.5 Å². The molecular formula is C50H59N5O5. The number of para-hydroxylation sites is 1. The molecule has 7 fully saturated rings. The van der Waals surface area contributed by atoms with Crippen molar-refractivity contribution in [1.82, 2.24) is 20.9 Å². The van der Waals surface area contributed by atoms with E-state index in [9.17, 15) is 14.7 Å². The van der Waals surface area contributed by atoms with E-state index in [0.29, 0.717) is 13.2 Å². The second kappa shape index (κ2) is 16.3. The van der Waals surface area contributed by atoms with Crippen molar-refractivity contribution in [3.05, 3.63) is 125 Å². The van der Waals surface area contributed by atoms with Crippen LogP contribution in [0.3, 0.4) is 0 Å². The maximum absolute atomic E-state index is 13.4. The van der Waals surface area contributed by atoms with Crippen molar-refractivity contribution >= 4 is 17.6 Å². The Balaban J connectivity index is 0.811. The summed E-state index contributed by atoms with van der Waals surface area (Å²) in [6, 6.07) is 35.1. The fourth-order valence-corrected chi connectivity index (χ4v) is 12.1. The summed E-state index contributed by atoms with van der Waals surface area (Å²) in [6.07, 6.45) is 8.08. The summed E-state index contributed by atoms with van der Waals surface area (Å²) in [5, 5.41) is 19.5. The first-order valence-corrected chi connectivity index (χ1v) is 22.3. The van der Waals surface area contributed by atoms with E-state index in [1.807, 2.05) is 30.3 Å². The molecule has 3 saturated heterocycles. The van der Waals surface area contributed by atoms with Gasteiger partial charge in [-0.2, -0.15) is 0 Å². The van der Waals surface area contributed by atoms with Crippen LogP contribution in [0.4, 0.5) is 10.5 Å². The number of piperidine rings is 1. The highest BCUT2D eigenvalue weighted by atomic mass is 16.7. The molecule has 4 bridgehead atoms. The van der Waals surface area contributed by atoms with Crippen molar-refractivity contribution in [3.63, 3.8) is 0 Å². The minimum atomic E-state index is -0.573. The predicted octanol–water partition coefficient (Wildman–Crippen LogP) is 7.83. The average molecular weight is 810 g/mol. The molecular weight excluding hydrogens is 751 g/mol. The minimum Gasteiger partial charge on any atom is -0.392 e. The van der Waals surface area contributed by atoms with Crippen molar-refractivity contribution in [2.75, 3.05) is 31.2 Å². The monoisotopic (exact) mass is 809 g/mol. The third-order valence-corrected chi connectivity index (χ3v) is 15.0. The molecule has 4 aromatic rings. The highest BCUT2D eigenvalue weighted by Crippen LogP contribution is 2.55. The molecule has 1 spiro atoms. The van der Waals surface area contributed by atoms with Crippen LogP contribution in [0.15, 0.2) is 103 Å². The topological polar surface area (TPSA) is 115 Å². The van der Waals surface area contributed by atoms with Gasteiger partial charge in [0.15, 0.2) is 6.29 Å². The van der Waals surface area contributed by atoms with Gasteiger partial charge in [-0.3, -0.25) is 4.79 Å². The molecule has 4 aromatic carbocycles. The van der Waals surface area contributed by atoms with Crippen molar-refractivity contribution < 1.29 is 24.2 Å². The smallest absolute Gasteiger partial charge is 0.315 e. The number of hydrogen-bond acceptors (Lipinski definition) is 7. The number of aliphatic hydroxyl groups is 1. The van der Waals surface area contributed by atoms with Crippen LogP contribution in [0.5, 0.6) is 0 Å². The maximum Gasteiger partial charge on any atom is 0.315 e. The van der Waals surface area contributed by atoms with Gasteiger partial charge < -0.3 is 40.3 Å². The molecule has 10 heteroatoms. The van der Waals surface area contributed by atoms with E-state index in [1.54, 1.807) is 0 Å². The molecule has 4 aliphatic carbocycles. The van der Waals surface area contributed by atoms with Crippen LogP contribution in [-0.2, 0) is 27.4 Å². The van der Waals surface area contributed by atoms with Gasteiger partial charge in [0, 0.05) is 48.9 Å². The van der Waals surface area contributed by atoms with E-state index in [4.69, 9.17) is 9.47 Å². The number of likely N-dealkylation sites (tertiary alicyclic amines) is 1. The van der Waals surface area contributed by atoms with Crippen LogP contribution in [0, 0.1) is 23.7 Å². The molecule has 3 amide bonds. The lowest BCUT2D eigenvalue weighted by Gasteiger charge is -2.56. The first-order valence-electron chi connectivity index (χ1n) is 22.3. The molecule has 60 heavy (non-hydrogen) atoms. The zero-order chi connectivity index (χ0) is 40.8. The summed E-state index contributed by atoms with van der Waals surface area (Å²) >= 11 is 0. The summed E-state index contributed by atoms with van der Waals surface area (Å²) in [5.74, 6) is 2.54. The molecule has 3 aliphatic heterocycles. The largest absolute Gasteiger partial charge is 0.392 e. The normalized spacial score (nSPS) is 30.7. The molecule has 0 aromatic heterocycles. The highest BCUT2D eigenvalue weighted by Gasteiger charge is 2.52. The number of anilines is 1. The Labute approximate surface area is 354 Å². The zero-order valence-electron chi connectivity index (χ0n) is 34.7. The molecule has 314 valence electrons. The first-order chi connectivity index (χ1) is 29.2. The lowest BCUT2D eigenvalue weighted by molar-refractivity contribution is -0.276. The second-order valence-corrected chi connectivity index (χ2v) is 18.9. The quantitative estimate of drug-likeness (QED) is 0.129. The molecule has 4 saturated carbocycles. The zero-order valence-corrected chi connectivity index (χ0v) is 34.7. The van der Waals surface area contributed by atoms with Gasteiger partial charge in [-0.15, -0.1) is 0 Å². The van der Waals surface area contributed by atoms with Crippen LogP contribution in [0.2, 0.25) is 0 Å². The number of rotatable bonds is 10. The lowest BCUT2D eigenvalue weighted by Crippen LogP contribution is -2.61. The number of amides is 3. The van der Waals surface area contributed by atoms with E-state index in [1.165, 1.54) is 19.3 Å². The SMILES string of the molecule is CC1C(CN2CCC3(CC2)C(=O)NCN3c2ccccc2)OC(c2ccc(-c3cccc(CNC(=O)NC45CC6CC(CC(C6)C4)C5)c3)cc2)OC1c1ccc(CO)cc1. The highest BCUT2D eigenvalue weighted by molar-refractivity contribution is 5.93. The predicted molar refractivity (Wildman–Crippen MR) is 231 cm³/mol. The second-order valence-electron chi connectivity index (χ2n) is 18.9. The number of ether oxygens (including phenoxy) is 2. The van der Waals surface area contributed by atoms with Crippen molar-refractivity contribution in [2.24, 2.45) is 23.7 Å². The number of urea groups is 1. The number of nitrogens with one attached hydrogen (secondary N) is 3. The summed E-state index contributed by atoms with van der Waals surface area (Å²) in [4.78, 5) is 31.3. The molecule has 10 nitrogen and oxygen atoms in total. The van der Waals surface area contributed by atoms with E-state index in [0.717, 1.165) is 109 Å². The van der Waals surface area contributed by atoms with Gasteiger partial charge in [0.2, 0.25) is 5.91 Å². The Hall–Kier alpha value is -4.74. The van der Waals surface area contributed by atoms with E-state index in [-0.39, 0.29) is 42.2 Å². The van der Waals surface area contributed by atoms with Gasteiger partial charge in [0.25, 0.3) is 0 Å². The van der Waals surface area contributed by atoms with E-state index in [2.05, 4.69) is 105 Å². The molecule has 0 radical (unpaired) electrons. The van der Waals surface area contributed by atoms with Crippen molar-refractivity contribution in [2.45, 2.75) is 101 Å². The number of carbonyl (C=O) groups excluding carboxylic acids is 2. The van der Waals surface area contributed by atoms with Crippen LogP contribution in [0.1, 0.15) is 92.9 Å². The Bertz CT molecular complexity index is 2120. The first kappa shape index (κ1) is 39.4. The Morgan fingerprint density at radius 2 is 1.48 bits per heavy atom. The number of nitrogens with zero attached hydrogens (tertiary/aromatic N) is 2. The summed E-state index contributed by atoms with van der Waals surface area (Å²) in [6.45, 7) is 5.52. The van der Waals surface area contributed by atoms with Gasteiger partial charge >= 0.3 is 6.03 Å². The number of aliphatic hydroxyl groups excluding tert-OH is 1. The molecule has 3 heterocycles. The fraction of sp³-hybridized carbons (Fsp3) is 0.480. The lowest BCUT2D eigenvalue weighted by atomic mass is 9.53. The molecule has 7 aliphatic rings. The third-order valence-electron chi connectivity index (χ3n) is 15.0. The average Bonchev–Trinajstić information content (AvgIpc) is 3.58. The van der Waals surface area contributed by atoms with Crippen LogP contribution >= 0.6 is 0 Å². The van der Waals surface area contributed by atoms with Crippen LogP contribution in [0.25, 0.3) is 11.1 Å². The minimum absolute atomic E-state index is 0.00529. The van der Waals surface area contributed by atoms with Crippen LogP contribution in [-0.4, -0.2) is 65.4 Å². The molecule has 4 atom stereocenters. The van der Waals surface area contributed by atoms with Gasteiger partial charge in [-0.25, -0.2) is 4.79 Å². The van der Waals surface area contributed by atoms with E-state index >= 15 is 0 Å². The Morgan fingerprint density at radius 3 is 2.17 bits per heavy atom. The van der Waals surface area contributed by atoms with Gasteiger partial charge in [0.1, 0.15) is 5.54 Å². The number of carbonyl (C=O) groups is 2. The summed E-state index contributed by atoms with van der Waals surface area (Å²) in [5.41, 5.74) is 6.64.